The molecular formula is C13H8NS. The summed E-state index contributed by atoms with van der Waals surface area (Å²) in [6, 6.07) is 13.7. The fourth-order valence-corrected chi connectivity index (χ4v) is 2.35. The number of hydrogen-bond donors (Lipinski definition) is 0. The van der Waals surface area contributed by atoms with Crippen LogP contribution in [0.1, 0.15) is 0 Å². The maximum Gasteiger partial charge on any atom is 0.0422 e. The van der Waals surface area contributed by atoms with Crippen LogP contribution in [0, 0.1) is 6.07 Å². The fraction of sp³-hybridized carbons (Fsp3) is 0. The van der Waals surface area contributed by atoms with E-state index in [-0.39, 0.29) is 0 Å². The van der Waals surface area contributed by atoms with E-state index in [1.54, 1.807) is 11.3 Å². The smallest absolute Gasteiger partial charge is 0.0422 e. The van der Waals surface area contributed by atoms with E-state index in [4.69, 9.17) is 0 Å². The Kier molecular flexibility index (Phi) is 2.00. The van der Waals surface area contributed by atoms with Gasteiger partial charge in [0.2, 0.25) is 0 Å². The van der Waals surface area contributed by atoms with Gasteiger partial charge in [-0.3, -0.25) is 4.98 Å². The molecule has 0 saturated heterocycles. The Morgan fingerprint density at radius 1 is 1.07 bits per heavy atom. The van der Waals surface area contributed by atoms with E-state index >= 15 is 0 Å². The average molecular weight is 210 g/mol. The van der Waals surface area contributed by atoms with Crippen molar-refractivity contribution in [1.29, 1.82) is 0 Å². The molecule has 0 N–H and O–H groups in total. The van der Waals surface area contributed by atoms with Crippen molar-refractivity contribution in [3.8, 4) is 11.1 Å². The number of pyridine rings is 1. The van der Waals surface area contributed by atoms with Gasteiger partial charge < -0.3 is 0 Å². The summed E-state index contributed by atoms with van der Waals surface area (Å²) in [5, 5.41) is 3.35. The molecule has 0 aliphatic rings. The minimum atomic E-state index is 1.19. The van der Waals surface area contributed by atoms with E-state index in [2.05, 4.69) is 28.6 Å². The van der Waals surface area contributed by atoms with Crippen LogP contribution in [0.3, 0.4) is 0 Å². The summed E-state index contributed by atoms with van der Waals surface area (Å²) >= 11 is 1.72. The molecule has 0 amide bonds. The third kappa shape index (κ3) is 1.53. The summed E-state index contributed by atoms with van der Waals surface area (Å²) in [4.78, 5) is 4.02. The molecule has 1 aromatic carbocycles. The maximum atomic E-state index is 4.02. The Bertz CT molecular complexity index is 584. The van der Waals surface area contributed by atoms with Gasteiger partial charge >= 0.3 is 0 Å². The number of nitrogens with zero attached hydrogens (tertiary/aromatic N) is 1. The molecule has 3 rings (SSSR count). The molecule has 2 heteroatoms. The molecule has 0 saturated carbocycles. The van der Waals surface area contributed by atoms with Gasteiger partial charge in [0.25, 0.3) is 0 Å². The van der Waals surface area contributed by atoms with Gasteiger partial charge in [-0.25, -0.2) is 0 Å². The van der Waals surface area contributed by atoms with Crippen molar-refractivity contribution in [3.05, 3.63) is 54.2 Å². The summed E-state index contributed by atoms with van der Waals surface area (Å²) in [6.07, 6.45) is 3.63. The Morgan fingerprint density at radius 3 is 2.80 bits per heavy atom. The second kappa shape index (κ2) is 3.48. The normalized spacial score (nSPS) is 10.7. The van der Waals surface area contributed by atoms with Gasteiger partial charge in [-0.1, -0.05) is 0 Å². The van der Waals surface area contributed by atoms with Crippen molar-refractivity contribution in [2.45, 2.75) is 0 Å². The molecule has 0 spiro atoms. The van der Waals surface area contributed by atoms with Gasteiger partial charge in [0.05, 0.1) is 0 Å². The summed E-state index contributed by atoms with van der Waals surface area (Å²) in [7, 11) is 0. The standard InChI is InChI=1S/C13H8NS/c1-2-13-12(5-8-15-13)9-11(1)10-3-6-14-7-4-10/h1,3-9H. The zero-order valence-electron chi connectivity index (χ0n) is 7.97. The lowest BCUT2D eigenvalue weighted by molar-refractivity contribution is 1.33. The molecular weight excluding hydrogens is 202 g/mol. The van der Waals surface area contributed by atoms with Gasteiger partial charge in [0.15, 0.2) is 0 Å². The lowest BCUT2D eigenvalue weighted by Gasteiger charge is -2.00. The summed E-state index contributed by atoms with van der Waals surface area (Å²) < 4.78 is 1.22. The Hall–Kier alpha value is -1.67. The van der Waals surface area contributed by atoms with E-state index in [0.29, 0.717) is 0 Å². The highest BCUT2D eigenvalue weighted by molar-refractivity contribution is 7.17. The number of thiophene rings is 1. The molecule has 2 heterocycles. The molecule has 3 aromatic rings. The predicted octanol–water partition coefficient (Wildman–Crippen LogP) is 3.76. The van der Waals surface area contributed by atoms with E-state index in [1.165, 1.54) is 21.2 Å². The van der Waals surface area contributed by atoms with Gasteiger partial charge in [-0.2, -0.15) is 0 Å². The van der Waals surface area contributed by atoms with Gasteiger partial charge in [-0.15, -0.1) is 11.3 Å². The average Bonchev–Trinajstić information content (AvgIpc) is 2.77. The van der Waals surface area contributed by atoms with Crippen molar-refractivity contribution < 1.29 is 0 Å². The molecule has 0 atom stereocenters. The number of hydrogen-bond acceptors (Lipinski definition) is 2. The lowest BCUT2D eigenvalue weighted by Crippen LogP contribution is -1.77. The Labute approximate surface area is 92.0 Å². The van der Waals surface area contributed by atoms with E-state index < -0.39 is 0 Å². The first kappa shape index (κ1) is 8.62. The zero-order valence-corrected chi connectivity index (χ0v) is 8.79. The highest BCUT2D eigenvalue weighted by Crippen LogP contribution is 2.26. The van der Waals surface area contributed by atoms with Crippen molar-refractivity contribution in [2.75, 3.05) is 0 Å². The first-order valence-electron chi connectivity index (χ1n) is 4.73. The van der Waals surface area contributed by atoms with Crippen LogP contribution >= 0.6 is 11.3 Å². The molecule has 71 valence electrons. The van der Waals surface area contributed by atoms with Crippen molar-refractivity contribution in [1.82, 2.24) is 4.98 Å². The van der Waals surface area contributed by atoms with E-state index in [0.717, 1.165) is 0 Å². The minimum Gasteiger partial charge on any atom is -0.265 e. The summed E-state index contributed by atoms with van der Waals surface area (Å²) in [5.74, 6) is 0. The maximum absolute atomic E-state index is 4.02. The SMILES string of the molecule is [c]1cc(-c2ccncc2)cc2ccsc12. The lowest BCUT2D eigenvalue weighted by atomic mass is 10.1. The predicted molar refractivity (Wildman–Crippen MR) is 63.9 cm³/mol. The summed E-state index contributed by atoms with van der Waals surface area (Å²) in [5.41, 5.74) is 2.39. The number of fused-ring (bicyclic) bond motifs is 1. The van der Waals surface area contributed by atoms with E-state index in [9.17, 15) is 0 Å². The van der Waals surface area contributed by atoms with Gasteiger partial charge in [0.1, 0.15) is 0 Å². The molecule has 1 radical (unpaired) electrons. The van der Waals surface area contributed by atoms with Gasteiger partial charge in [-0.05, 0) is 52.2 Å². The largest absolute Gasteiger partial charge is 0.265 e. The molecule has 0 aliphatic heterocycles. The van der Waals surface area contributed by atoms with Crippen LogP contribution in [0.25, 0.3) is 21.2 Å². The van der Waals surface area contributed by atoms with Crippen molar-refractivity contribution in [2.24, 2.45) is 0 Å². The summed E-state index contributed by atoms with van der Waals surface area (Å²) in [6.45, 7) is 0. The minimum absolute atomic E-state index is 1.19. The topological polar surface area (TPSA) is 12.9 Å². The third-order valence-corrected chi connectivity index (χ3v) is 3.24. The highest BCUT2D eigenvalue weighted by Gasteiger charge is 1.99. The van der Waals surface area contributed by atoms with E-state index in [1.807, 2.05) is 30.6 Å². The molecule has 15 heavy (non-hydrogen) atoms. The number of aromatic nitrogens is 1. The van der Waals surface area contributed by atoms with Crippen LogP contribution in [0.2, 0.25) is 0 Å². The fourth-order valence-electron chi connectivity index (χ4n) is 1.61. The van der Waals surface area contributed by atoms with Crippen LogP contribution in [-0.4, -0.2) is 4.98 Å². The second-order valence-electron chi connectivity index (χ2n) is 3.33. The van der Waals surface area contributed by atoms with Crippen LogP contribution < -0.4 is 0 Å². The molecule has 0 bridgehead atoms. The second-order valence-corrected chi connectivity index (χ2v) is 4.25. The number of rotatable bonds is 1. The van der Waals surface area contributed by atoms with Crippen LogP contribution in [0.15, 0.2) is 48.1 Å². The zero-order chi connectivity index (χ0) is 10.1. The van der Waals surface area contributed by atoms with Crippen LogP contribution in [-0.2, 0) is 0 Å². The number of benzene rings is 1. The first-order chi connectivity index (χ1) is 7.43. The molecule has 0 unspecified atom stereocenters. The van der Waals surface area contributed by atoms with Crippen LogP contribution in [0.5, 0.6) is 0 Å². The molecule has 0 fully saturated rings. The molecule has 2 aromatic heterocycles. The monoisotopic (exact) mass is 210 g/mol. The first-order valence-corrected chi connectivity index (χ1v) is 5.61. The van der Waals surface area contributed by atoms with Gasteiger partial charge in [0, 0.05) is 23.2 Å². The van der Waals surface area contributed by atoms with Crippen LogP contribution in [0.4, 0.5) is 0 Å². The Morgan fingerprint density at radius 2 is 1.93 bits per heavy atom. The molecule has 1 nitrogen and oxygen atoms in total. The Balaban J connectivity index is 2.19. The molecule has 0 aliphatic carbocycles. The highest BCUT2D eigenvalue weighted by atomic mass is 32.1. The quantitative estimate of drug-likeness (QED) is 0.596. The van der Waals surface area contributed by atoms with Crippen molar-refractivity contribution in [3.63, 3.8) is 0 Å². The third-order valence-electron chi connectivity index (χ3n) is 2.38. The van der Waals surface area contributed by atoms with Crippen molar-refractivity contribution >= 4 is 21.4 Å².